The summed E-state index contributed by atoms with van der Waals surface area (Å²) in [5.41, 5.74) is 1.15. The van der Waals surface area contributed by atoms with E-state index in [1.165, 1.54) is 6.42 Å². The number of guanidine groups is 1. The van der Waals surface area contributed by atoms with E-state index in [1.54, 1.807) is 7.05 Å². The van der Waals surface area contributed by atoms with Crippen LogP contribution < -0.4 is 10.6 Å². The molecule has 0 amide bonds. The first-order chi connectivity index (χ1) is 10.2. The Morgan fingerprint density at radius 1 is 1.23 bits per heavy atom. The third-order valence-electron chi connectivity index (χ3n) is 3.28. The Bertz CT molecular complexity index is 440. The second kappa shape index (κ2) is 13.0. The predicted molar refractivity (Wildman–Crippen MR) is 107 cm³/mol. The van der Waals surface area contributed by atoms with Crippen LogP contribution in [0.4, 0.5) is 0 Å². The van der Waals surface area contributed by atoms with Gasteiger partial charge in [-0.3, -0.25) is 4.99 Å². The number of halogens is 2. The van der Waals surface area contributed by atoms with Crippen LogP contribution >= 0.6 is 35.6 Å². The highest BCUT2D eigenvalue weighted by molar-refractivity contribution is 14.0. The quantitative estimate of drug-likeness (QED) is 0.371. The molecule has 1 aromatic rings. The summed E-state index contributed by atoms with van der Waals surface area (Å²) in [7, 11) is 1.79. The van der Waals surface area contributed by atoms with E-state index in [9.17, 15) is 0 Å². The van der Waals surface area contributed by atoms with Gasteiger partial charge in [-0.05, 0) is 37.2 Å². The van der Waals surface area contributed by atoms with Gasteiger partial charge in [0.1, 0.15) is 0 Å². The van der Waals surface area contributed by atoms with Crippen molar-refractivity contribution in [2.24, 2.45) is 4.99 Å². The van der Waals surface area contributed by atoms with E-state index in [-0.39, 0.29) is 24.0 Å². The van der Waals surface area contributed by atoms with Gasteiger partial charge < -0.3 is 15.5 Å². The van der Waals surface area contributed by atoms with Gasteiger partial charge in [-0.15, -0.1) is 24.0 Å². The Kier molecular flexibility index (Phi) is 12.6. The molecular weight excluding hydrogens is 411 g/mol. The maximum Gasteiger partial charge on any atom is 0.191 e. The van der Waals surface area contributed by atoms with E-state index in [1.807, 2.05) is 24.3 Å². The third kappa shape index (κ3) is 8.80. The molecular formula is C16H28ClIN4. The van der Waals surface area contributed by atoms with Crippen LogP contribution in [0, 0.1) is 0 Å². The second-order valence-corrected chi connectivity index (χ2v) is 5.35. The lowest BCUT2D eigenvalue weighted by Gasteiger charge is -2.20. The van der Waals surface area contributed by atoms with Crippen molar-refractivity contribution in [2.45, 2.75) is 26.8 Å². The summed E-state index contributed by atoms with van der Waals surface area (Å²) in [6, 6.07) is 7.85. The first-order valence-electron chi connectivity index (χ1n) is 7.60. The number of rotatable bonds is 8. The van der Waals surface area contributed by atoms with Crippen molar-refractivity contribution in [2.75, 3.05) is 33.2 Å². The zero-order valence-corrected chi connectivity index (χ0v) is 16.8. The summed E-state index contributed by atoms with van der Waals surface area (Å²) < 4.78 is 0. The van der Waals surface area contributed by atoms with Crippen LogP contribution in [0.1, 0.15) is 25.8 Å². The summed E-state index contributed by atoms with van der Waals surface area (Å²) in [4.78, 5) is 6.66. The highest BCUT2D eigenvalue weighted by atomic mass is 127. The van der Waals surface area contributed by atoms with Crippen molar-refractivity contribution in [1.82, 2.24) is 15.5 Å². The molecule has 0 aliphatic rings. The van der Waals surface area contributed by atoms with Crippen LogP contribution in [0.25, 0.3) is 0 Å². The van der Waals surface area contributed by atoms with Gasteiger partial charge >= 0.3 is 0 Å². The summed E-state index contributed by atoms with van der Waals surface area (Å²) in [5, 5.41) is 7.40. The molecule has 0 saturated heterocycles. The van der Waals surface area contributed by atoms with E-state index in [0.29, 0.717) is 6.54 Å². The van der Waals surface area contributed by atoms with Crippen LogP contribution in [0.5, 0.6) is 0 Å². The number of hydrogen-bond acceptors (Lipinski definition) is 2. The van der Waals surface area contributed by atoms with Crippen LogP contribution in [-0.2, 0) is 6.54 Å². The lowest BCUT2D eigenvalue weighted by atomic mass is 10.2. The largest absolute Gasteiger partial charge is 0.355 e. The molecule has 0 radical (unpaired) electrons. The molecule has 0 saturated carbocycles. The van der Waals surface area contributed by atoms with Crippen molar-refractivity contribution in [3.8, 4) is 0 Å². The molecule has 1 rings (SSSR count). The number of benzene rings is 1. The monoisotopic (exact) mass is 438 g/mol. The van der Waals surface area contributed by atoms with Gasteiger partial charge in [0.15, 0.2) is 5.96 Å². The Hall–Kier alpha value is -0.530. The van der Waals surface area contributed by atoms with Crippen LogP contribution in [0.2, 0.25) is 5.02 Å². The normalized spacial score (nSPS) is 11.2. The summed E-state index contributed by atoms with van der Waals surface area (Å²) in [5.74, 6) is 0.822. The fourth-order valence-corrected chi connectivity index (χ4v) is 2.34. The van der Waals surface area contributed by atoms with E-state index >= 15 is 0 Å². The van der Waals surface area contributed by atoms with Gasteiger partial charge in [0.25, 0.3) is 0 Å². The Morgan fingerprint density at radius 3 is 2.59 bits per heavy atom. The zero-order chi connectivity index (χ0) is 15.5. The third-order valence-corrected chi connectivity index (χ3v) is 3.52. The molecule has 0 unspecified atom stereocenters. The molecule has 6 heteroatoms. The molecule has 126 valence electrons. The minimum atomic E-state index is 0. The van der Waals surface area contributed by atoms with Gasteiger partial charge in [-0.25, -0.2) is 0 Å². The van der Waals surface area contributed by atoms with E-state index < -0.39 is 0 Å². The maximum absolute atomic E-state index is 5.98. The molecule has 0 aliphatic heterocycles. The Morgan fingerprint density at radius 2 is 2.00 bits per heavy atom. The van der Waals surface area contributed by atoms with Gasteiger partial charge in [0.05, 0.1) is 0 Å². The minimum absolute atomic E-state index is 0. The van der Waals surface area contributed by atoms with E-state index in [4.69, 9.17) is 11.6 Å². The van der Waals surface area contributed by atoms with Gasteiger partial charge in [0.2, 0.25) is 0 Å². The lowest BCUT2D eigenvalue weighted by Crippen LogP contribution is -2.41. The van der Waals surface area contributed by atoms with Crippen molar-refractivity contribution >= 4 is 41.5 Å². The number of likely N-dealkylation sites (N-methyl/N-ethyl adjacent to an activating group) is 1. The van der Waals surface area contributed by atoms with Gasteiger partial charge in [-0.2, -0.15) is 0 Å². The highest BCUT2D eigenvalue weighted by Crippen LogP contribution is 2.10. The average Bonchev–Trinajstić information content (AvgIpc) is 2.49. The zero-order valence-electron chi connectivity index (χ0n) is 13.7. The van der Waals surface area contributed by atoms with E-state index in [0.717, 1.165) is 42.7 Å². The topological polar surface area (TPSA) is 39.7 Å². The number of aliphatic imine (C=N–C) groups is 1. The summed E-state index contributed by atoms with van der Waals surface area (Å²) in [6.45, 7) is 9.28. The van der Waals surface area contributed by atoms with Crippen molar-refractivity contribution in [1.29, 1.82) is 0 Å². The van der Waals surface area contributed by atoms with Gasteiger partial charge in [-0.1, -0.05) is 37.6 Å². The van der Waals surface area contributed by atoms with Crippen molar-refractivity contribution in [3.05, 3.63) is 34.9 Å². The first-order valence-corrected chi connectivity index (χ1v) is 7.98. The van der Waals surface area contributed by atoms with Crippen molar-refractivity contribution in [3.63, 3.8) is 0 Å². The standard InChI is InChI=1S/C16H27ClN4.HI/c1-4-10-21(5-2)11-9-19-16(18-3)20-13-14-7-6-8-15(17)12-14;/h6-8,12H,4-5,9-11,13H2,1-3H3,(H2,18,19,20);1H. The Labute approximate surface area is 156 Å². The molecule has 0 spiro atoms. The lowest BCUT2D eigenvalue weighted by molar-refractivity contribution is 0.293. The number of nitrogens with zero attached hydrogens (tertiary/aromatic N) is 2. The number of nitrogens with one attached hydrogen (secondary N) is 2. The van der Waals surface area contributed by atoms with Crippen molar-refractivity contribution < 1.29 is 0 Å². The molecule has 0 heterocycles. The SMILES string of the molecule is CCCN(CC)CCNC(=NC)NCc1cccc(Cl)c1.I. The molecule has 22 heavy (non-hydrogen) atoms. The summed E-state index contributed by atoms with van der Waals surface area (Å²) in [6.07, 6.45) is 1.19. The minimum Gasteiger partial charge on any atom is -0.355 e. The smallest absolute Gasteiger partial charge is 0.191 e. The first kappa shape index (κ1) is 21.5. The Balaban J connectivity index is 0.00000441. The maximum atomic E-state index is 5.98. The second-order valence-electron chi connectivity index (χ2n) is 4.92. The fourth-order valence-electron chi connectivity index (χ4n) is 2.13. The molecule has 0 aliphatic carbocycles. The van der Waals surface area contributed by atoms with Gasteiger partial charge in [0, 0.05) is 31.7 Å². The predicted octanol–water partition coefficient (Wildman–Crippen LogP) is 3.35. The molecule has 1 aromatic carbocycles. The molecule has 0 fully saturated rings. The van der Waals surface area contributed by atoms with Crippen LogP contribution in [-0.4, -0.2) is 44.1 Å². The molecule has 0 aromatic heterocycles. The average molecular weight is 439 g/mol. The number of hydrogen-bond donors (Lipinski definition) is 2. The fraction of sp³-hybridized carbons (Fsp3) is 0.562. The molecule has 0 bridgehead atoms. The van der Waals surface area contributed by atoms with E-state index in [2.05, 4.69) is 34.4 Å². The molecule has 4 nitrogen and oxygen atoms in total. The van der Waals surface area contributed by atoms with Crippen LogP contribution in [0.3, 0.4) is 0 Å². The van der Waals surface area contributed by atoms with Crippen LogP contribution in [0.15, 0.2) is 29.3 Å². The molecule has 2 N–H and O–H groups in total. The molecule has 0 atom stereocenters. The summed E-state index contributed by atoms with van der Waals surface area (Å²) >= 11 is 5.98. The highest BCUT2D eigenvalue weighted by Gasteiger charge is 2.02.